The molecule has 1 aliphatic rings. The highest BCUT2D eigenvalue weighted by molar-refractivity contribution is 6.30. The Morgan fingerprint density at radius 2 is 1.95 bits per heavy atom. The summed E-state index contributed by atoms with van der Waals surface area (Å²) < 4.78 is 0. The molecule has 0 saturated carbocycles. The molecule has 2 heterocycles. The quantitative estimate of drug-likeness (QED) is 0.894. The molecule has 5 nitrogen and oxygen atoms in total. The van der Waals surface area contributed by atoms with Crippen molar-refractivity contribution in [3.05, 3.63) is 47.2 Å². The van der Waals surface area contributed by atoms with E-state index in [-0.39, 0.29) is 5.91 Å². The van der Waals surface area contributed by atoms with E-state index >= 15 is 0 Å². The monoisotopic (exact) mass is 304 g/mol. The Bertz CT molecular complexity index is 647. The summed E-state index contributed by atoms with van der Waals surface area (Å²) in [4.78, 5) is 19.3. The lowest BCUT2D eigenvalue weighted by Gasteiger charge is -2.36. The molecule has 0 aliphatic carbocycles. The normalized spacial score (nSPS) is 15.3. The van der Waals surface area contributed by atoms with Gasteiger partial charge in [-0.15, -0.1) is 0 Å². The van der Waals surface area contributed by atoms with Crippen LogP contribution in [0.1, 0.15) is 10.5 Å². The number of nitrogens with two attached hydrogens (primary N) is 1. The van der Waals surface area contributed by atoms with Crippen LogP contribution >= 0.6 is 11.6 Å². The third kappa shape index (κ3) is 2.97. The summed E-state index contributed by atoms with van der Waals surface area (Å²) in [7, 11) is 0. The van der Waals surface area contributed by atoms with Gasteiger partial charge in [-0.25, -0.2) is 0 Å². The van der Waals surface area contributed by atoms with Gasteiger partial charge in [0, 0.05) is 48.8 Å². The topological polar surface area (TPSA) is 65.4 Å². The SMILES string of the molecule is Nc1c[nH]c(C(=O)N2CCN(c3cccc(Cl)c3)CC2)c1. The average molecular weight is 305 g/mol. The largest absolute Gasteiger partial charge is 0.397 e. The Kier molecular flexibility index (Phi) is 3.75. The lowest BCUT2D eigenvalue weighted by molar-refractivity contribution is 0.0741. The predicted octanol–water partition coefficient (Wildman–Crippen LogP) is 2.21. The number of hydrogen-bond donors (Lipinski definition) is 2. The van der Waals surface area contributed by atoms with E-state index in [0.717, 1.165) is 23.8 Å². The van der Waals surface area contributed by atoms with Crippen LogP contribution in [0.3, 0.4) is 0 Å². The van der Waals surface area contributed by atoms with Crippen molar-refractivity contribution in [3.63, 3.8) is 0 Å². The van der Waals surface area contributed by atoms with Crippen LogP contribution in [0.25, 0.3) is 0 Å². The molecule has 2 aromatic rings. The van der Waals surface area contributed by atoms with Gasteiger partial charge in [0.1, 0.15) is 5.69 Å². The number of halogens is 1. The fourth-order valence-corrected chi connectivity index (χ4v) is 2.73. The molecule has 0 spiro atoms. The first-order chi connectivity index (χ1) is 10.1. The van der Waals surface area contributed by atoms with Gasteiger partial charge in [-0.3, -0.25) is 4.79 Å². The molecule has 1 saturated heterocycles. The van der Waals surface area contributed by atoms with Gasteiger partial charge in [-0.1, -0.05) is 17.7 Å². The molecule has 3 N–H and O–H groups in total. The third-order valence-electron chi connectivity index (χ3n) is 3.68. The number of H-pyrrole nitrogens is 1. The third-order valence-corrected chi connectivity index (χ3v) is 3.91. The fraction of sp³-hybridized carbons (Fsp3) is 0.267. The Labute approximate surface area is 128 Å². The molecule has 3 rings (SSSR count). The molecule has 1 amide bonds. The smallest absolute Gasteiger partial charge is 0.270 e. The number of benzene rings is 1. The van der Waals surface area contributed by atoms with Crippen LogP contribution in [0.5, 0.6) is 0 Å². The van der Waals surface area contributed by atoms with Crippen LogP contribution in [0.2, 0.25) is 5.02 Å². The van der Waals surface area contributed by atoms with Crippen LogP contribution in [-0.2, 0) is 0 Å². The number of hydrogen-bond acceptors (Lipinski definition) is 3. The van der Waals surface area contributed by atoms with Gasteiger partial charge < -0.3 is 20.5 Å². The van der Waals surface area contributed by atoms with E-state index in [1.165, 1.54) is 0 Å². The van der Waals surface area contributed by atoms with Crippen molar-refractivity contribution in [1.82, 2.24) is 9.88 Å². The number of nitrogens with one attached hydrogen (secondary N) is 1. The molecule has 1 aromatic heterocycles. The zero-order chi connectivity index (χ0) is 14.8. The molecule has 0 atom stereocenters. The van der Waals surface area contributed by atoms with E-state index in [1.807, 2.05) is 29.2 Å². The highest BCUT2D eigenvalue weighted by Gasteiger charge is 2.23. The van der Waals surface area contributed by atoms with Crippen LogP contribution in [-0.4, -0.2) is 42.0 Å². The van der Waals surface area contributed by atoms with Gasteiger partial charge in [0.2, 0.25) is 0 Å². The summed E-state index contributed by atoms with van der Waals surface area (Å²) in [6.45, 7) is 2.96. The maximum Gasteiger partial charge on any atom is 0.270 e. The zero-order valence-electron chi connectivity index (χ0n) is 11.6. The Morgan fingerprint density at radius 1 is 1.19 bits per heavy atom. The number of amides is 1. The van der Waals surface area contributed by atoms with Crippen molar-refractivity contribution in [2.75, 3.05) is 36.8 Å². The van der Waals surface area contributed by atoms with Crippen LogP contribution in [0.15, 0.2) is 36.5 Å². The molecule has 0 unspecified atom stereocenters. The Hall–Kier alpha value is -2.14. The highest BCUT2D eigenvalue weighted by Crippen LogP contribution is 2.21. The van der Waals surface area contributed by atoms with Crippen LogP contribution in [0.4, 0.5) is 11.4 Å². The fourth-order valence-electron chi connectivity index (χ4n) is 2.55. The molecule has 110 valence electrons. The van der Waals surface area contributed by atoms with Crippen molar-refractivity contribution in [3.8, 4) is 0 Å². The minimum atomic E-state index is -0.00237. The number of aromatic amines is 1. The van der Waals surface area contributed by atoms with Crippen molar-refractivity contribution >= 4 is 28.9 Å². The van der Waals surface area contributed by atoms with Gasteiger partial charge in [0.15, 0.2) is 0 Å². The first kappa shape index (κ1) is 13.8. The van der Waals surface area contributed by atoms with Crippen LogP contribution in [0, 0.1) is 0 Å². The maximum atomic E-state index is 12.3. The molecule has 1 aromatic carbocycles. The molecule has 1 fully saturated rings. The highest BCUT2D eigenvalue weighted by atomic mass is 35.5. The molecular weight excluding hydrogens is 288 g/mol. The van der Waals surface area contributed by atoms with E-state index < -0.39 is 0 Å². The maximum absolute atomic E-state index is 12.3. The van der Waals surface area contributed by atoms with Crippen molar-refractivity contribution in [2.24, 2.45) is 0 Å². The van der Waals surface area contributed by atoms with E-state index in [4.69, 9.17) is 17.3 Å². The number of nitrogen functional groups attached to an aromatic ring is 1. The summed E-state index contributed by atoms with van der Waals surface area (Å²) in [5.41, 5.74) is 7.86. The minimum absolute atomic E-state index is 0.00237. The number of rotatable bonds is 2. The Morgan fingerprint density at radius 3 is 2.57 bits per heavy atom. The summed E-state index contributed by atoms with van der Waals surface area (Å²) in [5.74, 6) is -0.00237. The number of anilines is 2. The predicted molar refractivity (Wildman–Crippen MR) is 84.8 cm³/mol. The minimum Gasteiger partial charge on any atom is -0.397 e. The van der Waals surface area contributed by atoms with E-state index in [2.05, 4.69) is 9.88 Å². The summed E-state index contributed by atoms with van der Waals surface area (Å²) in [6.07, 6.45) is 1.63. The number of carbonyl (C=O) groups is 1. The molecule has 6 heteroatoms. The van der Waals surface area contributed by atoms with Gasteiger partial charge in [-0.2, -0.15) is 0 Å². The first-order valence-corrected chi connectivity index (χ1v) is 7.25. The van der Waals surface area contributed by atoms with Gasteiger partial charge in [0.05, 0.1) is 0 Å². The van der Waals surface area contributed by atoms with E-state index in [1.54, 1.807) is 12.3 Å². The average Bonchev–Trinajstić information content (AvgIpc) is 2.93. The number of piperazine rings is 1. The summed E-state index contributed by atoms with van der Waals surface area (Å²) >= 11 is 6.02. The van der Waals surface area contributed by atoms with E-state index in [9.17, 15) is 4.79 Å². The molecule has 21 heavy (non-hydrogen) atoms. The van der Waals surface area contributed by atoms with Gasteiger partial charge >= 0.3 is 0 Å². The van der Waals surface area contributed by atoms with Gasteiger partial charge in [-0.05, 0) is 24.3 Å². The summed E-state index contributed by atoms with van der Waals surface area (Å²) in [6, 6.07) is 9.46. The lowest BCUT2D eigenvalue weighted by atomic mass is 10.2. The lowest BCUT2D eigenvalue weighted by Crippen LogP contribution is -2.48. The molecule has 0 bridgehead atoms. The number of carbonyl (C=O) groups excluding carboxylic acids is 1. The number of aromatic nitrogens is 1. The second kappa shape index (κ2) is 5.69. The van der Waals surface area contributed by atoms with E-state index in [0.29, 0.717) is 24.5 Å². The second-order valence-electron chi connectivity index (χ2n) is 5.11. The Balaban J connectivity index is 1.64. The standard InChI is InChI=1S/C15H17ClN4O/c16-11-2-1-3-13(8-11)19-4-6-20(7-5-19)15(21)14-9-12(17)10-18-14/h1-3,8-10,18H,4-7,17H2. The first-order valence-electron chi connectivity index (χ1n) is 6.87. The molecule has 1 aliphatic heterocycles. The molecular formula is C15H17ClN4O. The van der Waals surface area contributed by atoms with Gasteiger partial charge in [0.25, 0.3) is 5.91 Å². The molecule has 0 radical (unpaired) electrons. The second-order valence-corrected chi connectivity index (χ2v) is 5.54. The zero-order valence-corrected chi connectivity index (χ0v) is 12.3. The summed E-state index contributed by atoms with van der Waals surface area (Å²) in [5, 5.41) is 0.730. The van der Waals surface area contributed by atoms with Crippen molar-refractivity contribution in [1.29, 1.82) is 0 Å². The number of nitrogens with zero attached hydrogens (tertiary/aromatic N) is 2. The van der Waals surface area contributed by atoms with Crippen molar-refractivity contribution in [2.45, 2.75) is 0 Å². The van der Waals surface area contributed by atoms with Crippen LogP contribution < -0.4 is 10.6 Å². The van der Waals surface area contributed by atoms with Crippen molar-refractivity contribution < 1.29 is 4.79 Å².